The van der Waals surface area contributed by atoms with Gasteiger partial charge in [0.25, 0.3) is 0 Å². The van der Waals surface area contributed by atoms with Crippen LogP contribution in [0.1, 0.15) is 18.9 Å². The topological polar surface area (TPSA) is 96.4 Å². The molecule has 2 aromatic carbocycles. The average molecular weight is 357 g/mol. The lowest BCUT2D eigenvalue weighted by Crippen LogP contribution is -2.22. The molecule has 0 aromatic heterocycles. The van der Waals surface area contributed by atoms with Gasteiger partial charge in [0.15, 0.2) is 5.75 Å². The van der Waals surface area contributed by atoms with Gasteiger partial charge >= 0.3 is 0 Å². The minimum atomic E-state index is -4.05. The Bertz CT molecular complexity index is 921. The molecule has 0 spiro atoms. The van der Waals surface area contributed by atoms with Crippen LogP contribution in [0.4, 0.5) is 5.69 Å². The van der Waals surface area contributed by atoms with Gasteiger partial charge in [0.1, 0.15) is 10.6 Å². The molecule has 0 radical (unpaired) electrons. The zero-order valence-electron chi connectivity index (χ0n) is 13.8. The second-order valence-corrected chi connectivity index (χ2v) is 7.76. The Balaban J connectivity index is 2.19. The molecule has 0 saturated carbocycles. The summed E-state index contributed by atoms with van der Waals surface area (Å²) in [6, 6.07) is 13.8. The van der Waals surface area contributed by atoms with Crippen LogP contribution in [-0.2, 0) is 10.0 Å². The van der Waals surface area contributed by atoms with Crippen LogP contribution in [0.25, 0.3) is 0 Å². The van der Waals surface area contributed by atoms with Crippen LogP contribution in [0.2, 0.25) is 0 Å². The van der Waals surface area contributed by atoms with Gasteiger partial charge in [-0.3, -0.25) is 0 Å². The van der Waals surface area contributed by atoms with E-state index < -0.39 is 10.0 Å². The molecule has 0 bridgehead atoms. The summed E-state index contributed by atoms with van der Waals surface area (Å²) in [4.78, 5) is 1.86. The molecular formula is C18H19N3O3S. The van der Waals surface area contributed by atoms with E-state index in [2.05, 4.69) is 6.92 Å². The van der Waals surface area contributed by atoms with Crippen molar-refractivity contribution in [1.82, 2.24) is 0 Å². The van der Waals surface area contributed by atoms with Gasteiger partial charge in [-0.15, -0.1) is 0 Å². The predicted octanol–water partition coefficient (Wildman–Crippen LogP) is 2.84. The third-order valence-electron chi connectivity index (χ3n) is 4.20. The number of nitrogens with two attached hydrogens (primary N) is 1. The van der Waals surface area contributed by atoms with Crippen molar-refractivity contribution < 1.29 is 13.2 Å². The molecule has 1 unspecified atom stereocenters. The van der Waals surface area contributed by atoms with E-state index in [9.17, 15) is 13.7 Å². The highest BCUT2D eigenvalue weighted by Crippen LogP contribution is 2.40. The van der Waals surface area contributed by atoms with Crippen molar-refractivity contribution in [2.75, 3.05) is 18.0 Å². The fraction of sp³-hybridized carbons (Fsp3) is 0.278. The van der Waals surface area contributed by atoms with Gasteiger partial charge in [-0.05, 0) is 36.6 Å². The van der Waals surface area contributed by atoms with E-state index in [0.29, 0.717) is 17.4 Å². The maximum Gasteiger partial charge on any atom is 0.241 e. The second kappa shape index (κ2) is 6.75. The summed E-state index contributed by atoms with van der Waals surface area (Å²) >= 11 is 0. The highest BCUT2D eigenvalue weighted by atomic mass is 32.2. The van der Waals surface area contributed by atoms with Gasteiger partial charge in [0.05, 0.1) is 17.3 Å². The normalized spacial score (nSPS) is 17.3. The molecule has 25 heavy (non-hydrogen) atoms. The highest BCUT2D eigenvalue weighted by Gasteiger charge is 2.27. The van der Waals surface area contributed by atoms with Crippen LogP contribution in [0.5, 0.6) is 11.5 Å². The maximum atomic E-state index is 12.1. The largest absolute Gasteiger partial charge is 0.454 e. The number of benzene rings is 2. The Kier molecular flexibility index (Phi) is 4.66. The molecule has 0 aliphatic carbocycles. The number of primary sulfonamides is 1. The summed E-state index contributed by atoms with van der Waals surface area (Å²) in [6.45, 7) is 3.67. The van der Waals surface area contributed by atoms with E-state index in [0.717, 1.165) is 19.5 Å². The Morgan fingerprint density at radius 3 is 2.56 bits per heavy atom. The van der Waals surface area contributed by atoms with Crippen LogP contribution in [-0.4, -0.2) is 21.5 Å². The molecule has 2 aromatic rings. The molecule has 1 atom stereocenters. The van der Waals surface area contributed by atoms with Gasteiger partial charge in [0.2, 0.25) is 10.0 Å². The van der Waals surface area contributed by atoms with E-state index >= 15 is 0 Å². The van der Waals surface area contributed by atoms with Crippen molar-refractivity contribution in [2.45, 2.75) is 18.2 Å². The molecule has 1 heterocycles. The summed E-state index contributed by atoms with van der Waals surface area (Å²) in [6.07, 6.45) is 0.992. The monoisotopic (exact) mass is 357 g/mol. The van der Waals surface area contributed by atoms with Crippen LogP contribution < -0.4 is 14.8 Å². The summed E-state index contributed by atoms with van der Waals surface area (Å²) < 4.78 is 30.1. The number of rotatable bonds is 4. The van der Waals surface area contributed by atoms with E-state index in [-0.39, 0.29) is 16.2 Å². The van der Waals surface area contributed by atoms with E-state index in [1.54, 1.807) is 30.3 Å². The number of anilines is 1. The van der Waals surface area contributed by atoms with Gasteiger partial charge in [-0.1, -0.05) is 25.1 Å². The molecule has 3 rings (SSSR count). The molecule has 7 heteroatoms. The summed E-state index contributed by atoms with van der Waals surface area (Å²) in [5, 5.41) is 14.7. The zero-order valence-corrected chi connectivity index (χ0v) is 14.7. The van der Waals surface area contributed by atoms with Gasteiger partial charge in [0, 0.05) is 13.1 Å². The standard InChI is InChI=1S/C18H19N3O3S/c1-13-7-8-21(12-13)16-9-14(11-19)10-17(25(20,22)23)18(16)24-15-5-3-2-4-6-15/h2-6,9-10,13H,7-8,12H2,1H3,(H2,20,22,23). The molecule has 1 aliphatic rings. The smallest absolute Gasteiger partial charge is 0.241 e. The average Bonchev–Trinajstić information content (AvgIpc) is 3.01. The maximum absolute atomic E-state index is 12.1. The quantitative estimate of drug-likeness (QED) is 0.907. The van der Waals surface area contributed by atoms with Crippen molar-refractivity contribution >= 4 is 15.7 Å². The van der Waals surface area contributed by atoms with Crippen LogP contribution in [0.15, 0.2) is 47.4 Å². The van der Waals surface area contributed by atoms with Crippen LogP contribution >= 0.6 is 0 Å². The van der Waals surface area contributed by atoms with E-state index in [1.165, 1.54) is 6.07 Å². The SMILES string of the molecule is CC1CCN(c2cc(C#N)cc(S(N)(=O)=O)c2Oc2ccccc2)C1. The number of nitriles is 1. The number of sulfonamides is 1. The number of nitrogens with zero attached hydrogens (tertiary/aromatic N) is 2. The van der Waals surface area contributed by atoms with E-state index in [4.69, 9.17) is 9.88 Å². The molecule has 1 aliphatic heterocycles. The Morgan fingerprint density at radius 2 is 2.00 bits per heavy atom. The number of ether oxygens (including phenoxy) is 1. The second-order valence-electron chi connectivity index (χ2n) is 6.23. The minimum absolute atomic E-state index is 0.168. The first kappa shape index (κ1) is 17.3. The number of hydrogen-bond acceptors (Lipinski definition) is 5. The first-order valence-corrected chi connectivity index (χ1v) is 9.52. The fourth-order valence-electron chi connectivity index (χ4n) is 2.96. The van der Waals surface area contributed by atoms with Crippen molar-refractivity contribution in [2.24, 2.45) is 11.1 Å². The van der Waals surface area contributed by atoms with Gasteiger partial charge < -0.3 is 9.64 Å². The van der Waals surface area contributed by atoms with Gasteiger partial charge in [-0.25, -0.2) is 13.6 Å². The lowest BCUT2D eigenvalue weighted by Gasteiger charge is -2.23. The number of hydrogen-bond donors (Lipinski definition) is 1. The third kappa shape index (κ3) is 3.76. The summed E-state index contributed by atoms with van der Waals surface area (Å²) in [5.74, 6) is 1.15. The molecular weight excluding hydrogens is 338 g/mol. The summed E-state index contributed by atoms with van der Waals surface area (Å²) in [7, 11) is -4.05. The number of para-hydroxylation sites is 1. The van der Waals surface area contributed by atoms with E-state index in [1.807, 2.05) is 17.0 Å². The molecule has 2 N–H and O–H groups in total. The van der Waals surface area contributed by atoms with Crippen molar-refractivity contribution in [3.05, 3.63) is 48.0 Å². The minimum Gasteiger partial charge on any atom is -0.454 e. The lowest BCUT2D eigenvalue weighted by atomic mass is 10.1. The van der Waals surface area contributed by atoms with Crippen LogP contribution in [0, 0.1) is 17.2 Å². The zero-order chi connectivity index (χ0) is 18.0. The summed E-state index contributed by atoms with van der Waals surface area (Å²) in [5.41, 5.74) is 0.815. The van der Waals surface area contributed by atoms with Crippen molar-refractivity contribution in [3.63, 3.8) is 0 Å². The molecule has 1 fully saturated rings. The predicted molar refractivity (Wildman–Crippen MR) is 95.0 cm³/mol. The third-order valence-corrected chi connectivity index (χ3v) is 5.11. The fourth-order valence-corrected chi connectivity index (χ4v) is 3.66. The lowest BCUT2D eigenvalue weighted by molar-refractivity contribution is 0.467. The highest BCUT2D eigenvalue weighted by molar-refractivity contribution is 7.89. The molecule has 1 saturated heterocycles. The Labute approximate surface area is 147 Å². The van der Waals surface area contributed by atoms with Crippen molar-refractivity contribution in [1.29, 1.82) is 5.26 Å². The molecule has 0 amide bonds. The Morgan fingerprint density at radius 1 is 1.28 bits per heavy atom. The first-order chi connectivity index (χ1) is 11.9. The first-order valence-electron chi connectivity index (χ1n) is 7.97. The molecule has 6 nitrogen and oxygen atoms in total. The molecule has 130 valence electrons. The van der Waals surface area contributed by atoms with Gasteiger partial charge in [-0.2, -0.15) is 5.26 Å². The van der Waals surface area contributed by atoms with Crippen LogP contribution in [0.3, 0.4) is 0 Å². The van der Waals surface area contributed by atoms with Crippen molar-refractivity contribution in [3.8, 4) is 17.6 Å². The Hall–Kier alpha value is -2.56.